The fraction of sp³-hybridized carbons (Fsp3) is 0.923. The molecule has 1 aliphatic rings. The molecule has 3 unspecified atom stereocenters. The molecule has 1 amide bonds. The highest BCUT2D eigenvalue weighted by Crippen LogP contribution is 2.13. The van der Waals surface area contributed by atoms with Gasteiger partial charge in [0, 0.05) is 19.0 Å². The van der Waals surface area contributed by atoms with Gasteiger partial charge in [-0.2, -0.15) is 0 Å². The van der Waals surface area contributed by atoms with Gasteiger partial charge in [0.15, 0.2) is 0 Å². The van der Waals surface area contributed by atoms with Crippen LogP contribution >= 0.6 is 12.4 Å². The van der Waals surface area contributed by atoms with Crippen LogP contribution in [0.3, 0.4) is 0 Å². The largest absolute Gasteiger partial charge is 0.352 e. The van der Waals surface area contributed by atoms with E-state index in [0.29, 0.717) is 24.3 Å². The molecule has 0 saturated carbocycles. The highest BCUT2D eigenvalue weighted by Gasteiger charge is 2.22. The number of amides is 1. The van der Waals surface area contributed by atoms with Crippen molar-refractivity contribution in [1.82, 2.24) is 10.6 Å². The predicted octanol–water partition coefficient (Wildman–Crippen LogP) is 2.35. The summed E-state index contributed by atoms with van der Waals surface area (Å²) < 4.78 is 0. The average Bonchev–Trinajstić information content (AvgIpc) is 2.21. The van der Waals surface area contributed by atoms with Crippen molar-refractivity contribution in [3.05, 3.63) is 0 Å². The van der Waals surface area contributed by atoms with Crippen LogP contribution < -0.4 is 10.6 Å². The van der Waals surface area contributed by atoms with E-state index >= 15 is 0 Å². The van der Waals surface area contributed by atoms with Crippen molar-refractivity contribution in [3.8, 4) is 0 Å². The van der Waals surface area contributed by atoms with Crippen molar-refractivity contribution in [2.24, 2.45) is 11.8 Å². The second kappa shape index (κ2) is 8.76. The first-order valence-electron chi connectivity index (χ1n) is 6.63. The lowest BCUT2D eigenvalue weighted by atomic mass is 9.94. The lowest BCUT2D eigenvalue weighted by Gasteiger charge is -2.30. The molecule has 1 rings (SSSR count). The van der Waals surface area contributed by atoms with E-state index in [-0.39, 0.29) is 18.3 Å². The van der Waals surface area contributed by atoms with E-state index < -0.39 is 0 Å². The molecule has 3 nitrogen and oxygen atoms in total. The molecular weight excluding hydrogens is 236 g/mol. The molecule has 4 heteroatoms. The number of hydrogen-bond donors (Lipinski definition) is 2. The Hall–Kier alpha value is -0.280. The summed E-state index contributed by atoms with van der Waals surface area (Å²) in [6.45, 7) is 8.56. The summed E-state index contributed by atoms with van der Waals surface area (Å²) in [6, 6.07) is 0.329. The van der Waals surface area contributed by atoms with Crippen molar-refractivity contribution in [2.75, 3.05) is 13.1 Å². The zero-order valence-electron chi connectivity index (χ0n) is 11.3. The summed E-state index contributed by atoms with van der Waals surface area (Å²) in [6.07, 6.45) is 4.15. The van der Waals surface area contributed by atoms with Crippen molar-refractivity contribution < 1.29 is 4.79 Å². The second-order valence-corrected chi connectivity index (χ2v) is 5.24. The topological polar surface area (TPSA) is 41.1 Å². The molecule has 0 aromatic heterocycles. The third-order valence-electron chi connectivity index (χ3n) is 3.49. The zero-order chi connectivity index (χ0) is 12.0. The Bertz CT molecular complexity index is 223. The van der Waals surface area contributed by atoms with Gasteiger partial charge in [-0.15, -0.1) is 12.4 Å². The van der Waals surface area contributed by atoms with Crippen molar-refractivity contribution in [1.29, 1.82) is 0 Å². The smallest absolute Gasteiger partial charge is 0.220 e. The van der Waals surface area contributed by atoms with E-state index in [0.717, 1.165) is 32.4 Å². The molecule has 2 N–H and O–H groups in total. The molecule has 0 spiro atoms. The summed E-state index contributed by atoms with van der Waals surface area (Å²) >= 11 is 0. The van der Waals surface area contributed by atoms with E-state index in [4.69, 9.17) is 0 Å². The lowest BCUT2D eigenvalue weighted by molar-refractivity contribution is -0.123. The molecule has 17 heavy (non-hydrogen) atoms. The van der Waals surface area contributed by atoms with Crippen LogP contribution in [0, 0.1) is 11.8 Å². The van der Waals surface area contributed by atoms with Crippen molar-refractivity contribution in [2.45, 2.75) is 52.5 Å². The van der Waals surface area contributed by atoms with E-state index in [2.05, 4.69) is 31.4 Å². The first-order valence-corrected chi connectivity index (χ1v) is 6.63. The Balaban J connectivity index is 0.00000256. The second-order valence-electron chi connectivity index (χ2n) is 5.24. The maximum atomic E-state index is 11.8. The van der Waals surface area contributed by atoms with Crippen LogP contribution in [0.15, 0.2) is 0 Å². The van der Waals surface area contributed by atoms with E-state index in [9.17, 15) is 4.79 Å². The Labute approximate surface area is 112 Å². The molecule has 0 aromatic rings. The van der Waals surface area contributed by atoms with Gasteiger partial charge in [-0.1, -0.05) is 33.6 Å². The minimum absolute atomic E-state index is 0. The molecule has 3 atom stereocenters. The molecule has 1 fully saturated rings. The minimum atomic E-state index is 0. The number of nitrogens with one attached hydrogen (secondary N) is 2. The van der Waals surface area contributed by atoms with E-state index in [1.54, 1.807) is 0 Å². The first-order chi connectivity index (χ1) is 7.63. The molecule has 1 saturated heterocycles. The SMILES string of the molecule is CCCC(C)CC(=O)NC1CNCCC1C.Cl. The molecular formula is C13H27ClN2O. The normalized spacial score (nSPS) is 25.8. The molecule has 0 radical (unpaired) electrons. The predicted molar refractivity (Wildman–Crippen MR) is 74.5 cm³/mol. The summed E-state index contributed by atoms with van der Waals surface area (Å²) in [5.41, 5.74) is 0. The summed E-state index contributed by atoms with van der Waals surface area (Å²) in [7, 11) is 0. The van der Waals surface area contributed by atoms with E-state index in [1.807, 2.05) is 0 Å². The number of piperidine rings is 1. The van der Waals surface area contributed by atoms with Crippen LogP contribution in [-0.2, 0) is 4.79 Å². The van der Waals surface area contributed by atoms with Crippen LogP contribution in [0.4, 0.5) is 0 Å². The highest BCUT2D eigenvalue weighted by molar-refractivity contribution is 5.85. The Kier molecular flexibility index (Phi) is 8.61. The first kappa shape index (κ1) is 16.7. The molecule has 0 aliphatic carbocycles. The van der Waals surface area contributed by atoms with Gasteiger partial charge < -0.3 is 10.6 Å². The third-order valence-corrected chi connectivity index (χ3v) is 3.49. The number of carbonyl (C=O) groups excluding carboxylic acids is 1. The van der Waals surface area contributed by atoms with Gasteiger partial charge in [0.05, 0.1) is 0 Å². The number of rotatable bonds is 5. The van der Waals surface area contributed by atoms with Gasteiger partial charge >= 0.3 is 0 Å². The van der Waals surface area contributed by atoms with Crippen molar-refractivity contribution >= 4 is 18.3 Å². The van der Waals surface area contributed by atoms with Gasteiger partial charge in [-0.25, -0.2) is 0 Å². The summed E-state index contributed by atoms with van der Waals surface area (Å²) in [5.74, 6) is 1.34. The van der Waals surface area contributed by atoms with Gasteiger partial charge in [0.1, 0.15) is 0 Å². The monoisotopic (exact) mass is 262 g/mol. The van der Waals surface area contributed by atoms with Crippen LogP contribution in [0.25, 0.3) is 0 Å². The lowest BCUT2D eigenvalue weighted by Crippen LogP contribution is -2.50. The summed E-state index contributed by atoms with van der Waals surface area (Å²) in [4.78, 5) is 11.8. The standard InChI is InChI=1S/C13H26N2O.ClH/c1-4-5-10(2)8-13(16)15-12-9-14-7-6-11(12)3;/h10-12,14H,4-9H2,1-3H3,(H,15,16);1H. The van der Waals surface area contributed by atoms with E-state index in [1.165, 1.54) is 0 Å². The number of carbonyl (C=O) groups is 1. The van der Waals surface area contributed by atoms with Gasteiger partial charge in [0.25, 0.3) is 0 Å². The highest BCUT2D eigenvalue weighted by atomic mass is 35.5. The maximum absolute atomic E-state index is 11.8. The molecule has 1 heterocycles. The Morgan fingerprint density at radius 3 is 2.82 bits per heavy atom. The van der Waals surface area contributed by atoms with Crippen LogP contribution in [-0.4, -0.2) is 25.0 Å². The van der Waals surface area contributed by atoms with Gasteiger partial charge in [0.2, 0.25) is 5.91 Å². The third kappa shape index (κ3) is 6.27. The fourth-order valence-corrected chi connectivity index (χ4v) is 2.36. The van der Waals surface area contributed by atoms with Crippen molar-refractivity contribution in [3.63, 3.8) is 0 Å². The average molecular weight is 263 g/mol. The molecule has 0 bridgehead atoms. The maximum Gasteiger partial charge on any atom is 0.220 e. The van der Waals surface area contributed by atoms with Crippen LogP contribution in [0.1, 0.15) is 46.5 Å². The zero-order valence-corrected chi connectivity index (χ0v) is 12.1. The Morgan fingerprint density at radius 2 is 2.24 bits per heavy atom. The molecule has 1 aliphatic heterocycles. The number of halogens is 1. The fourth-order valence-electron chi connectivity index (χ4n) is 2.36. The summed E-state index contributed by atoms with van der Waals surface area (Å²) in [5, 5.41) is 6.49. The quantitative estimate of drug-likeness (QED) is 0.799. The van der Waals surface area contributed by atoms with Gasteiger partial charge in [-0.3, -0.25) is 4.79 Å². The van der Waals surface area contributed by atoms with Gasteiger partial charge in [-0.05, 0) is 24.8 Å². The molecule has 102 valence electrons. The number of hydrogen-bond acceptors (Lipinski definition) is 2. The van der Waals surface area contributed by atoms with Crippen LogP contribution in [0.5, 0.6) is 0 Å². The van der Waals surface area contributed by atoms with Crippen LogP contribution in [0.2, 0.25) is 0 Å². The minimum Gasteiger partial charge on any atom is -0.352 e. The Morgan fingerprint density at radius 1 is 1.53 bits per heavy atom. The molecule has 0 aromatic carbocycles.